The second-order valence-electron chi connectivity index (χ2n) is 4.74. The Morgan fingerprint density at radius 1 is 1.53 bits per heavy atom. The molecule has 1 aliphatic carbocycles. The standard InChI is InChI=1S/C11H17N3O/c1-6-7(2)9-5-8(6)10(14-9)11(15)13-4-3-12/h6-10,14H,4-5H2,1-2H3,(H,13,15)/t6?,7-,8?,9?,10?/m0/s1. The number of hydrogen-bond donors (Lipinski definition) is 2. The number of amides is 1. The van der Waals surface area contributed by atoms with Crippen molar-refractivity contribution in [2.24, 2.45) is 17.8 Å². The molecular weight excluding hydrogens is 190 g/mol. The number of nitrogens with one attached hydrogen (secondary N) is 2. The van der Waals surface area contributed by atoms with Gasteiger partial charge in [-0.1, -0.05) is 13.8 Å². The summed E-state index contributed by atoms with van der Waals surface area (Å²) in [5, 5.41) is 14.4. The summed E-state index contributed by atoms with van der Waals surface area (Å²) in [5.41, 5.74) is 0. The number of piperidine rings is 1. The van der Waals surface area contributed by atoms with Gasteiger partial charge in [-0.3, -0.25) is 4.79 Å². The molecule has 2 fully saturated rings. The molecule has 4 heteroatoms. The third kappa shape index (κ3) is 1.61. The first kappa shape index (κ1) is 10.4. The van der Waals surface area contributed by atoms with Crippen molar-refractivity contribution in [2.45, 2.75) is 32.4 Å². The largest absolute Gasteiger partial charge is 0.342 e. The second-order valence-corrected chi connectivity index (χ2v) is 4.74. The fourth-order valence-corrected chi connectivity index (χ4v) is 3.00. The Balaban J connectivity index is 1.98. The lowest BCUT2D eigenvalue weighted by Crippen LogP contribution is -2.52. The molecule has 0 aromatic rings. The number of rotatable bonds is 2. The molecule has 1 aliphatic heterocycles. The molecule has 4 nitrogen and oxygen atoms in total. The van der Waals surface area contributed by atoms with Crippen LogP contribution in [0.4, 0.5) is 0 Å². The van der Waals surface area contributed by atoms with Gasteiger partial charge in [0.2, 0.25) is 5.91 Å². The lowest BCUT2D eigenvalue weighted by Gasteiger charge is -2.31. The topological polar surface area (TPSA) is 64.9 Å². The van der Waals surface area contributed by atoms with Crippen molar-refractivity contribution in [1.29, 1.82) is 5.26 Å². The van der Waals surface area contributed by atoms with Gasteiger partial charge in [-0.2, -0.15) is 5.26 Å². The number of nitriles is 1. The van der Waals surface area contributed by atoms with Crippen molar-refractivity contribution in [3.05, 3.63) is 0 Å². The van der Waals surface area contributed by atoms with Gasteiger partial charge in [0.05, 0.1) is 12.1 Å². The van der Waals surface area contributed by atoms with E-state index in [0.717, 1.165) is 6.42 Å². The number of carbonyl (C=O) groups excluding carboxylic acids is 1. The van der Waals surface area contributed by atoms with Gasteiger partial charge in [0.25, 0.3) is 0 Å². The van der Waals surface area contributed by atoms with Crippen LogP contribution in [-0.2, 0) is 4.79 Å². The molecule has 5 atom stereocenters. The fraction of sp³-hybridized carbons (Fsp3) is 0.818. The molecule has 2 aliphatic rings. The van der Waals surface area contributed by atoms with Crippen LogP contribution in [0.15, 0.2) is 0 Å². The number of carbonyl (C=O) groups is 1. The maximum atomic E-state index is 11.7. The maximum Gasteiger partial charge on any atom is 0.238 e. The highest BCUT2D eigenvalue weighted by Gasteiger charge is 2.50. The summed E-state index contributed by atoms with van der Waals surface area (Å²) < 4.78 is 0. The summed E-state index contributed by atoms with van der Waals surface area (Å²) >= 11 is 0. The molecule has 2 N–H and O–H groups in total. The molecule has 0 aromatic carbocycles. The van der Waals surface area contributed by atoms with E-state index >= 15 is 0 Å². The summed E-state index contributed by atoms with van der Waals surface area (Å²) in [4.78, 5) is 11.7. The normalized spacial score (nSPS) is 42.6. The molecule has 1 saturated carbocycles. The minimum atomic E-state index is -0.0745. The van der Waals surface area contributed by atoms with Gasteiger partial charge in [-0.25, -0.2) is 0 Å². The Labute approximate surface area is 90.0 Å². The Hall–Kier alpha value is -1.08. The number of nitrogens with zero attached hydrogens (tertiary/aromatic N) is 1. The highest BCUT2D eigenvalue weighted by Crippen LogP contribution is 2.44. The number of fused-ring (bicyclic) bond motifs is 2. The zero-order chi connectivity index (χ0) is 11.0. The van der Waals surface area contributed by atoms with Crippen molar-refractivity contribution >= 4 is 5.91 Å². The SMILES string of the molecule is CC1C2CC(NC2C(=O)NCC#N)[C@H]1C. The summed E-state index contributed by atoms with van der Waals surface area (Å²) in [5.74, 6) is 1.70. The molecule has 82 valence electrons. The first-order valence-corrected chi connectivity index (χ1v) is 5.56. The lowest BCUT2D eigenvalue weighted by molar-refractivity contribution is -0.124. The van der Waals surface area contributed by atoms with Crippen molar-refractivity contribution < 1.29 is 4.79 Å². The van der Waals surface area contributed by atoms with Crippen LogP contribution in [0.1, 0.15) is 20.3 Å². The molecule has 15 heavy (non-hydrogen) atoms. The maximum absolute atomic E-state index is 11.7. The van der Waals surface area contributed by atoms with Gasteiger partial charge in [-0.05, 0) is 24.2 Å². The second kappa shape index (κ2) is 3.82. The van der Waals surface area contributed by atoms with Crippen LogP contribution in [0.5, 0.6) is 0 Å². The molecule has 0 aromatic heterocycles. The molecular formula is C11H17N3O. The summed E-state index contributed by atoms with van der Waals surface area (Å²) in [6.07, 6.45) is 1.10. The van der Waals surface area contributed by atoms with Gasteiger partial charge >= 0.3 is 0 Å². The van der Waals surface area contributed by atoms with E-state index in [1.54, 1.807) is 0 Å². The van der Waals surface area contributed by atoms with Crippen molar-refractivity contribution in [1.82, 2.24) is 10.6 Å². The van der Waals surface area contributed by atoms with Crippen LogP contribution in [0, 0.1) is 29.1 Å². The van der Waals surface area contributed by atoms with E-state index in [9.17, 15) is 4.79 Å². The van der Waals surface area contributed by atoms with Gasteiger partial charge in [0.15, 0.2) is 0 Å². The fourth-order valence-electron chi connectivity index (χ4n) is 3.00. The van der Waals surface area contributed by atoms with Crippen LogP contribution in [0.25, 0.3) is 0 Å². The molecule has 0 radical (unpaired) electrons. The van der Waals surface area contributed by atoms with E-state index in [4.69, 9.17) is 5.26 Å². The zero-order valence-corrected chi connectivity index (χ0v) is 9.16. The minimum Gasteiger partial charge on any atom is -0.342 e. The first-order chi connectivity index (χ1) is 7.15. The van der Waals surface area contributed by atoms with E-state index in [-0.39, 0.29) is 18.5 Å². The summed E-state index contributed by atoms with van der Waals surface area (Å²) in [7, 11) is 0. The Bertz CT molecular complexity index is 307. The molecule has 2 rings (SSSR count). The van der Waals surface area contributed by atoms with Gasteiger partial charge in [0, 0.05) is 6.04 Å². The average Bonchev–Trinajstić information content (AvgIpc) is 2.77. The molecule has 1 heterocycles. The molecule has 4 unspecified atom stereocenters. The predicted octanol–water partition coefficient (Wildman–Crippen LogP) is 0.259. The van der Waals surface area contributed by atoms with E-state index in [0.29, 0.717) is 23.8 Å². The molecule has 1 amide bonds. The predicted molar refractivity (Wildman–Crippen MR) is 55.8 cm³/mol. The molecule has 1 saturated heterocycles. The summed E-state index contributed by atoms with van der Waals surface area (Å²) in [6.45, 7) is 4.57. The van der Waals surface area contributed by atoms with Crippen molar-refractivity contribution in [3.63, 3.8) is 0 Å². The van der Waals surface area contributed by atoms with Crippen molar-refractivity contribution in [2.75, 3.05) is 6.54 Å². The van der Waals surface area contributed by atoms with Gasteiger partial charge in [-0.15, -0.1) is 0 Å². The quantitative estimate of drug-likeness (QED) is 0.638. The van der Waals surface area contributed by atoms with E-state index in [2.05, 4.69) is 24.5 Å². The first-order valence-electron chi connectivity index (χ1n) is 5.56. The lowest BCUT2D eigenvalue weighted by atomic mass is 9.84. The Morgan fingerprint density at radius 3 is 2.80 bits per heavy atom. The average molecular weight is 207 g/mol. The third-order valence-electron chi connectivity index (χ3n) is 4.11. The third-order valence-corrected chi connectivity index (χ3v) is 4.11. The van der Waals surface area contributed by atoms with Crippen LogP contribution in [0.2, 0.25) is 0 Å². The highest BCUT2D eigenvalue weighted by molar-refractivity contribution is 5.83. The Kier molecular flexibility index (Phi) is 2.66. The zero-order valence-electron chi connectivity index (χ0n) is 9.16. The van der Waals surface area contributed by atoms with Gasteiger partial charge in [0.1, 0.15) is 6.54 Å². The van der Waals surface area contributed by atoms with Crippen LogP contribution in [0.3, 0.4) is 0 Å². The Morgan fingerprint density at radius 2 is 2.27 bits per heavy atom. The minimum absolute atomic E-state index is 0.0113. The van der Waals surface area contributed by atoms with E-state index in [1.807, 2.05) is 6.07 Å². The van der Waals surface area contributed by atoms with E-state index < -0.39 is 0 Å². The van der Waals surface area contributed by atoms with Crippen LogP contribution in [-0.4, -0.2) is 24.5 Å². The van der Waals surface area contributed by atoms with Gasteiger partial charge < -0.3 is 10.6 Å². The smallest absolute Gasteiger partial charge is 0.238 e. The highest BCUT2D eigenvalue weighted by atomic mass is 16.2. The molecule has 0 spiro atoms. The van der Waals surface area contributed by atoms with E-state index in [1.165, 1.54) is 0 Å². The van der Waals surface area contributed by atoms with Crippen LogP contribution >= 0.6 is 0 Å². The molecule has 2 bridgehead atoms. The van der Waals surface area contributed by atoms with Crippen LogP contribution < -0.4 is 10.6 Å². The van der Waals surface area contributed by atoms with Crippen molar-refractivity contribution in [3.8, 4) is 6.07 Å². The number of hydrogen-bond acceptors (Lipinski definition) is 3. The monoisotopic (exact) mass is 207 g/mol. The summed E-state index contributed by atoms with van der Waals surface area (Å²) in [6, 6.07) is 2.34.